The third-order valence-electron chi connectivity index (χ3n) is 11.1. The van der Waals surface area contributed by atoms with E-state index >= 15 is 0 Å². The van der Waals surface area contributed by atoms with Crippen LogP contribution in [0.25, 0.3) is 11.1 Å². The van der Waals surface area contributed by atoms with Crippen molar-refractivity contribution >= 4 is 11.8 Å². The first-order valence-electron chi connectivity index (χ1n) is 16.7. The Morgan fingerprint density at radius 1 is 1.21 bits per heavy atom. The van der Waals surface area contributed by atoms with Gasteiger partial charge in [-0.3, -0.25) is 14.4 Å². The highest BCUT2D eigenvalue weighted by atomic mass is 19.1. The summed E-state index contributed by atoms with van der Waals surface area (Å²) in [4.78, 5) is 35.0. The number of likely N-dealkylation sites (N-methyl/N-ethyl adjacent to an activating group) is 1. The van der Waals surface area contributed by atoms with Crippen molar-refractivity contribution in [3.63, 3.8) is 0 Å². The molecular weight excluding hydrogens is 603 g/mol. The van der Waals surface area contributed by atoms with Crippen LogP contribution in [0, 0.1) is 34.9 Å². The summed E-state index contributed by atoms with van der Waals surface area (Å²) in [5, 5.41) is 28.6. The third-order valence-corrected chi connectivity index (χ3v) is 11.1. The number of nitrogens with zero attached hydrogens (tertiary/aromatic N) is 2. The number of carbonyl (C=O) groups is 2. The molecule has 258 valence electrons. The number of amides is 2. The number of rotatable bonds is 12. The SMILES string of the molecule is COc1c(CN2O[C@@H](CO)[C@@H]([C@H](C)O)[C@H]2C(=O)N[C@H]2C[C@@H]3C[C@@H]([C@@H]2C)C3(C)C)cccc1-c1ccc(F)c(C(=O)NCCN(C)C)c1. The van der Waals surface area contributed by atoms with Crippen molar-refractivity contribution in [1.82, 2.24) is 20.6 Å². The largest absolute Gasteiger partial charge is 0.496 e. The highest BCUT2D eigenvalue weighted by Gasteiger charge is 2.57. The van der Waals surface area contributed by atoms with Crippen LogP contribution in [0.3, 0.4) is 0 Å². The number of hydrogen-bond acceptors (Lipinski definition) is 8. The predicted molar refractivity (Wildman–Crippen MR) is 177 cm³/mol. The number of carbonyl (C=O) groups excluding carboxylic acids is 2. The van der Waals surface area contributed by atoms with Gasteiger partial charge in [0.15, 0.2) is 0 Å². The Balaban J connectivity index is 1.40. The van der Waals surface area contributed by atoms with Crippen LogP contribution in [-0.2, 0) is 16.2 Å². The number of aliphatic hydroxyl groups is 2. The van der Waals surface area contributed by atoms with Crippen molar-refractivity contribution in [2.24, 2.45) is 29.1 Å². The molecule has 10 nitrogen and oxygen atoms in total. The molecule has 2 bridgehead atoms. The van der Waals surface area contributed by atoms with Crippen molar-refractivity contribution in [1.29, 1.82) is 0 Å². The molecule has 0 aromatic heterocycles. The highest BCUT2D eigenvalue weighted by Crippen LogP contribution is 2.61. The van der Waals surface area contributed by atoms with E-state index in [0.29, 0.717) is 53.3 Å². The average Bonchev–Trinajstić information content (AvgIpc) is 3.40. The number of nitrogens with one attached hydrogen (secondary N) is 2. The molecule has 8 atom stereocenters. The van der Waals surface area contributed by atoms with Crippen LogP contribution in [0.5, 0.6) is 5.75 Å². The number of benzene rings is 2. The van der Waals surface area contributed by atoms with E-state index in [1.54, 1.807) is 18.1 Å². The van der Waals surface area contributed by atoms with Gasteiger partial charge in [0.05, 0.1) is 31.9 Å². The van der Waals surface area contributed by atoms with E-state index < -0.39 is 35.9 Å². The zero-order valence-electron chi connectivity index (χ0n) is 28.6. The number of halogens is 1. The zero-order valence-corrected chi connectivity index (χ0v) is 28.6. The molecule has 2 aromatic carbocycles. The summed E-state index contributed by atoms with van der Waals surface area (Å²) in [7, 11) is 5.31. The van der Waals surface area contributed by atoms with Gasteiger partial charge in [-0.15, -0.1) is 0 Å². The molecule has 1 saturated heterocycles. The first-order chi connectivity index (χ1) is 22.3. The Morgan fingerprint density at radius 2 is 1.96 bits per heavy atom. The van der Waals surface area contributed by atoms with E-state index in [2.05, 4.69) is 31.4 Å². The lowest BCUT2D eigenvalue weighted by Crippen LogP contribution is -2.62. The van der Waals surface area contributed by atoms with Crippen LogP contribution >= 0.6 is 0 Å². The molecule has 4 N–H and O–H groups in total. The monoisotopic (exact) mass is 654 g/mol. The summed E-state index contributed by atoms with van der Waals surface area (Å²) in [5.41, 5.74) is 2.10. The summed E-state index contributed by atoms with van der Waals surface area (Å²) in [6.07, 6.45) is 0.408. The fourth-order valence-corrected chi connectivity index (χ4v) is 8.18. The Labute approximate surface area is 277 Å². The topological polar surface area (TPSA) is 124 Å². The van der Waals surface area contributed by atoms with Crippen LogP contribution in [0.15, 0.2) is 36.4 Å². The minimum absolute atomic E-state index is 0.0227. The summed E-state index contributed by atoms with van der Waals surface area (Å²) in [6, 6.07) is 9.03. The van der Waals surface area contributed by atoms with E-state index in [4.69, 9.17) is 9.57 Å². The number of para-hydroxylation sites is 1. The van der Waals surface area contributed by atoms with Gasteiger partial charge in [0.1, 0.15) is 23.7 Å². The second-order valence-electron chi connectivity index (χ2n) is 14.5. The number of hydroxylamine groups is 2. The molecule has 47 heavy (non-hydrogen) atoms. The zero-order chi connectivity index (χ0) is 34.2. The molecule has 1 heterocycles. The van der Waals surface area contributed by atoms with Gasteiger partial charge in [0.25, 0.3) is 5.91 Å². The molecule has 4 aliphatic rings. The van der Waals surface area contributed by atoms with Gasteiger partial charge in [-0.2, -0.15) is 5.06 Å². The number of methoxy groups -OCH3 is 1. The molecule has 3 saturated carbocycles. The van der Waals surface area contributed by atoms with E-state index in [-0.39, 0.29) is 36.1 Å². The van der Waals surface area contributed by atoms with Crippen molar-refractivity contribution in [3.05, 3.63) is 53.3 Å². The van der Waals surface area contributed by atoms with Crippen LogP contribution in [0.2, 0.25) is 0 Å². The maximum absolute atomic E-state index is 14.8. The Bertz CT molecular complexity index is 1450. The smallest absolute Gasteiger partial charge is 0.254 e. The quantitative estimate of drug-likeness (QED) is 0.275. The third kappa shape index (κ3) is 6.91. The maximum atomic E-state index is 14.8. The molecule has 4 fully saturated rings. The van der Waals surface area contributed by atoms with Crippen LogP contribution < -0.4 is 15.4 Å². The standard InChI is InChI=1S/C36H51FN4O6/c1-20-27-16-24(36(27,3)4)17-29(20)39-35(45)32-31(21(2)43)30(19-42)47-41(32)18-23-9-8-10-25(33(23)46-7)22-11-12-28(37)26(15-22)34(44)38-13-14-40(5)6/h8-12,15,20-21,24,27,29-32,42-43H,13-14,16-19H2,1-7H3,(H,38,44)(H,39,45)/t20-,21-,24-,27-,29-,30-,31+,32-/m0/s1. The van der Waals surface area contributed by atoms with Crippen molar-refractivity contribution in [2.75, 3.05) is 40.9 Å². The summed E-state index contributed by atoms with van der Waals surface area (Å²) >= 11 is 0. The van der Waals surface area contributed by atoms with Gasteiger partial charge < -0.3 is 30.5 Å². The van der Waals surface area contributed by atoms with Crippen LogP contribution in [0.4, 0.5) is 4.39 Å². The molecule has 2 amide bonds. The fraction of sp³-hybridized carbons (Fsp3) is 0.611. The predicted octanol–water partition coefficient (Wildman–Crippen LogP) is 3.45. The van der Waals surface area contributed by atoms with Gasteiger partial charge in [0, 0.05) is 36.2 Å². The summed E-state index contributed by atoms with van der Waals surface area (Å²) < 4.78 is 20.7. The van der Waals surface area contributed by atoms with Crippen molar-refractivity contribution in [2.45, 2.75) is 71.4 Å². The molecule has 1 aliphatic heterocycles. The molecule has 0 radical (unpaired) electrons. The summed E-state index contributed by atoms with van der Waals surface area (Å²) in [6.45, 7) is 9.21. The lowest BCUT2D eigenvalue weighted by Gasteiger charge is -2.62. The fourth-order valence-electron chi connectivity index (χ4n) is 8.18. The Morgan fingerprint density at radius 3 is 2.57 bits per heavy atom. The normalized spacial score (nSPS) is 28.9. The lowest BCUT2D eigenvalue weighted by molar-refractivity contribution is -0.183. The molecule has 0 spiro atoms. The average molecular weight is 655 g/mol. The second-order valence-corrected chi connectivity index (χ2v) is 14.5. The van der Waals surface area contributed by atoms with Gasteiger partial charge in [-0.05, 0) is 74.7 Å². The maximum Gasteiger partial charge on any atom is 0.254 e. The van der Waals surface area contributed by atoms with Gasteiger partial charge in [0.2, 0.25) is 5.91 Å². The molecule has 6 rings (SSSR count). The molecular formula is C36H51FN4O6. The number of hydrogen-bond donors (Lipinski definition) is 4. The number of aliphatic hydroxyl groups excluding tert-OH is 2. The molecule has 3 aliphatic carbocycles. The second kappa shape index (κ2) is 14.2. The Hall–Kier alpha value is -3.09. The number of fused-ring (bicyclic) bond motifs is 2. The molecule has 11 heteroatoms. The minimum atomic E-state index is -0.918. The van der Waals surface area contributed by atoms with Gasteiger partial charge in [-0.1, -0.05) is 45.0 Å². The molecule has 0 unspecified atom stereocenters. The molecule has 2 aromatic rings. The lowest BCUT2D eigenvalue weighted by atomic mass is 9.45. The number of ether oxygens (including phenoxy) is 1. The van der Waals surface area contributed by atoms with E-state index in [1.165, 1.54) is 25.7 Å². The highest BCUT2D eigenvalue weighted by molar-refractivity contribution is 5.96. The van der Waals surface area contributed by atoms with Crippen LogP contribution in [0.1, 0.15) is 56.5 Å². The van der Waals surface area contributed by atoms with E-state index in [9.17, 15) is 24.2 Å². The van der Waals surface area contributed by atoms with Gasteiger partial charge in [-0.25, -0.2) is 4.39 Å². The Kier molecular flexibility index (Phi) is 10.6. The van der Waals surface area contributed by atoms with Crippen molar-refractivity contribution < 1.29 is 33.8 Å². The van der Waals surface area contributed by atoms with Gasteiger partial charge >= 0.3 is 0 Å². The minimum Gasteiger partial charge on any atom is -0.496 e. The first kappa shape index (κ1) is 35.2. The van der Waals surface area contributed by atoms with Crippen molar-refractivity contribution in [3.8, 4) is 16.9 Å². The first-order valence-corrected chi connectivity index (χ1v) is 16.7. The van der Waals surface area contributed by atoms with E-state index in [0.717, 1.165) is 6.42 Å². The van der Waals surface area contributed by atoms with Crippen LogP contribution in [-0.4, -0.2) is 97.2 Å². The van der Waals surface area contributed by atoms with E-state index in [1.807, 2.05) is 37.2 Å². The summed E-state index contributed by atoms with van der Waals surface area (Å²) in [5.74, 6) is -0.128.